The maximum absolute atomic E-state index is 15.0. The van der Waals surface area contributed by atoms with Gasteiger partial charge in [-0.25, -0.2) is 9.37 Å². The number of benzene rings is 1. The first-order valence-electron chi connectivity index (χ1n) is 12.7. The fraction of sp³-hybridized carbons (Fsp3) is 0.552. The van der Waals surface area contributed by atoms with Crippen molar-refractivity contribution >= 4 is 11.0 Å². The van der Waals surface area contributed by atoms with Crippen molar-refractivity contribution in [2.24, 2.45) is 35.5 Å². The van der Waals surface area contributed by atoms with Crippen molar-refractivity contribution in [2.45, 2.75) is 66.2 Å². The van der Waals surface area contributed by atoms with Crippen LogP contribution in [-0.4, -0.2) is 9.97 Å². The summed E-state index contributed by atoms with van der Waals surface area (Å²) >= 11 is 0. The molecule has 0 spiro atoms. The second-order valence-corrected chi connectivity index (χ2v) is 11.1. The van der Waals surface area contributed by atoms with Gasteiger partial charge in [0.1, 0.15) is 5.69 Å². The van der Waals surface area contributed by atoms with Gasteiger partial charge >= 0.3 is 0 Å². The highest BCUT2D eigenvalue weighted by molar-refractivity contribution is 5.80. The molecule has 5 unspecified atom stereocenters. The van der Waals surface area contributed by atoms with Crippen LogP contribution in [0.5, 0.6) is 0 Å². The van der Waals surface area contributed by atoms with Gasteiger partial charge in [0.15, 0.2) is 5.82 Å². The second kappa shape index (κ2) is 8.65. The van der Waals surface area contributed by atoms with Crippen molar-refractivity contribution in [1.29, 1.82) is 0 Å². The van der Waals surface area contributed by atoms with Crippen LogP contribution < -0.4 is 0 Å². The highest BCUT2D eigenvalue weighted by Crippen LogP contribution is 2.54. The summed E-state index contributed by atoms with van der Waals surface area (Å²) in [6.45, 7) is 9.38. The number of nitrogens with zero attached hydrogens (tertiary/aromatic N) is 1. The summed E-state index contributed by atoms with van der Waals surface area (Å²) in [4.78, 5) is 8.21. The maximum atomic E-state index is 15.0. The van der Waals surface area contributed by atoms with E-state index in [2.05, 4.69) is 50.9 Å². The second-order valence-electron chi connectivity index (χ2n) is 11.1. The Bertz CT molecular complexity index is 1080. The Balaban J connectivity index is 1.35. The number of hydrogen-bond donors (Lipinski definition) is 1. The summed E-state index contributed by atoms with van der Waals surface area (Å²) in [6, 6.07) is 12.1. The highest BCUT2D eigenvalue weighted by atomic mass is 19.1. The molecule has 170 valence electrons. The van der Waals surface area contributed by atoms with Crippen molar-refractivity contribution in [3.05, 3.63) is 53.5 Å². The predicted octanol–water partition coefficient (Wildman–Crippen LogP) is 7.82. The van der Waals surface area contributed by atoms with Gasteiger partial charge in [0.05, 0.1) is 11.0 Å². The first kappa shape index (κ1) is 21.7. The monoisotopic (exact) mass is 432 g/mol. The molecular formula is C29H37FN2. The van der Waals surface area contributed by atoms with Crippen LogP contribution in [0, 0.1) is 41.3 Å². The molecule has 5 atom stereocenters. The normalized spacial score (nSPS) is 27.5. The van der Waals surface area contributed by atoms with Crippen LogP contribution in [0.4, 0.5) is 4.39 Å². The van der Waals surface area contributed by atoms with Gasteiger partial charge < -0.3 is 4.98 Å². The summed E-state index contributed by atoms with van der Waals surface area (Å²) in [5.41, 5.74) is 5.52. The number of aromatic nitrogens is 2. The molecule has 0 aliphatic heterocycles. The molecule has 0 amide bonds. The van der Waals surface area contributed by atoms with Crippen molar-refractivity contribution < 1.29 is 4.39 Å². The Morgan fingerprint density at radius 3 is 2.59 bits per heavy atom. The molecule has 3 heteroatoms. The lowest BCUT2D eigenvalue weighted by Crippen LogP contribution is -2.15. The Morgan fingerprint density at radius 2 is 1.84 bits per heavy atom. The van der Waals surface area contributed by atoms with E-state index in [9.17, 15) is 4.39 Å². The molecule has 1 aromatic carbocycles. The van der Waals surface area contributed by atoms with Crippen LogP contribution in [0.1, 0.15) is 64.6 Å². The number of aryl methyl sites for hydroxylation is 1. The Kier molecular flexibility index (Phi) is 5.86. The van der Waals surface area contributed by atoms with Gasteiger partial charge in [-0.3, -0.25) is 0 Å². The first-order valence-corrected chi connectivity index (χ1v) is 12.7. The van der Waals surface area contributed by atoms with Crippen molar-refractivity contribution in [3.63, 3.8) is 0 Å². The fourth-order valence-electron chi connectivity index (χ4n) is 6.81. The molecule has 2 nitrogen and oxygen atoms in total. The molecule has 32 heavy (non-hydrogen) atoms. The minimum atomic E-state index is -0.250. The van der Waals surface area contributed by atoms with Crippen LogP contribution in [-0.2, 0) is 12.8 Å². The van der Waals surface area contributed by atoms with E-state index < -0.39 is 0 Å². The fourth-order valence-corrected chi connectivity index (χ4v) is 6.81. The van der Waals surface area contributed by atoms with Crippen LogP contribution in [0.3, 0.4) is 0 Å². The number of fused-ring (bicyclic) bond motifs is 2. The number of pyridine rings is 1. The van der Waals surface area contributed by atoms with Gasteiger partial charge in [0, 0.05) is 17.3 Å². The van der Waals surface area contributed by atoms with Crippen LogP contribution in [0.25, 0.3) is 22.3 Å². The summed E-state index contributed by atoms with van der Waals surface area (Å²) in [5, 5.41) is 0. The standard InChI is InChI=1S/C29H37FN2/c1-17(2)5-7-20-8-10-21(11-9-20)29-25(30)16-27-26(32-29)15-23(31-27)14-22-13-19(4)28-18(3)6-12-24(22)28/h8-11,15-19,22,24,28,31H,5-7,12-14H2,1-4H3. The van der Waals surface area contributed by atoms with Crippen molar-refractivity contribution in [1.82, 2.24) is 9.97 Å². The predicted molar refractivity (Wildman–Crippen MR) is 131 cm³/mol. The molecule has 5 rings (SSSR count). The number of H-pyrrole nitrogens is 1. The van der Waals surface area contributed by atoms with Gasteiger partial charge in [0.2, 0.25) is 0 Å². The third kappa shape index (κ3) is 4.11. The average Bonchev–Trinajstić information content (AvgIpc) is 3.42. The molecule has 2 aliphatic carbocycles. The Labute approximate surface area is 192 Å². The summed E-state index contributed by atoms with van der Waals surface area (Å²) in [5.74, 6) is 4.65. The van der Waals surface area contributed by atoms with E-state index in [0.29, 0.717) is 11.6 Å². The lowest BCUT2D eigenvalue weighted by molar-refractivity contribution is 0.287. The van der Waals surface area contributed by atoms with Gasteiger partial charge in [-0.1, -0.05) is 58.4 Å². The molecule has 1 N–H and O–H groups in total. The molecule has 2 aliphatic rings. The number of halogens is 1. The van der Waals surface area contributed by atoms with Crippen LogP contribution >= 0.6 is 0 Å². The van der Waals surface area contributed by atoms with E-state index >= 15 is 0 Å². The summed E-state index contributed by atoms with van der Waals surface area (Å²) in [7, 11) is 0. The van der Waals surface area contributed by atoms with Crippen molar-refractivity contribution in [3.8, 4) is 11.3 Å². The van der Waals surface area contributed by atoms with E-state index in [1.807, 2.05) is 12.1 Å². The van der Waals surface area contributed by atoms with E-state index in [4.69, 9.17) is 4.98 Å². The molecule has 0 radical (unpaired) electrons. The number of rotatable bonds is 6. The van der Waals surface area contributed by atoms with Crippen LogP contribution in [0.2, 0.25) is 0 Å². The quantitative estimate of drug-likeness (QED) is 0.422. The molecule has 2 fully saturated rings. The third-order valence-electron chi connectivity index (χ3n) is 8.38. The highest BCUT2D eigenvalue weighted by Gasteiger charge is 2.46. The first-order chi connectivity index (χ1) is 15.4. The molecule has 3 aromatic rings. The van der Waals surface area contributed by atoms with Crippen LogP contribution in [0.15, 0.2) is 36.4 Å². The van der Waals surface area contributed by atoms with E-state index in [1.54, 1.807) is 6.07 Å². The largest absolute Gasteiger partial charge is 0.357 e. The van der Waals surface area contributed by atoms with Gasteiger partial charge in [-0.2, -0.15) is 0 Å². The zero-order valence-corrected chi connectivity index (χ0v) is 20.0. The molecule has 2 aromatic heterocycles. The minimum absolute atomic E-state index is 0.250. The van der Waals surface area contributed by atoms with Gasteiger partial charge in [-0.05, 0) is 79.2 Å². The third-order valence-corrected chi connectivity index (χ3v) is 8.38. The summed E-state index contributed by atoms with van der Waals surface area (Å²) < 4.78 is 15.0. The smallest absolute Gasteiger partial charge is 0.151 e. The SMILES string of the molecule is CC(C)CCc1ccc(-c2nc3cc(CC4CC(C)C5C(C)CCC45)[nH]c3cc2F)cc1. The zero-order chi connectivity index (χ0) is 22.4. The number of hydrogen-bond acceptors (Lipinski definition) is 1. The number of aromatic amines is 1. The molecule has 2 saturated carbocycles. The molecule has 2 heterocycles. The molecular weight excluding hydrogens is 395 g/mol. The van der Waals surface area contributed by atoms with Gasteiger partial charge in [0.25, 0.3) is 0 Å². The maximum Gasteiger partial charge on any atom is 0.151 e. The lowest BCUT2D eigenvalue weighted by Gasteiger charge is -2.20. The van der Waals surface area contributed by atoms with Crippen molar-refractivity contribution in [2.75, 3.05) is 0 Å². The Morgan fingerprint density at radius 1 is 1.06 bits per heavy atom. The van der Waals surface area contributed by atoms with Gasteiger partial charge in [-0.15, -0.1) is 0 Å². The zero-order valence-electron chi connectivity index (χ0n) is 20.0. The average molecular weight is 433 g/mol. The molecule has 0 bridgehead atoms. The molecule has 0 saturated heterocycles. The topological polar surface area (TPSA) is 28.7 Å². The Hall–Kier alpha value is -2.16. The minimum Gasteiger partial charge on any atom is -0.357 e. The summed E-state index contributed by atoms with van der Waals surface area (Å²) in [6.07, 6.45) is 7.39. The lowest BCUT2D eigenvalue weighted by atomic mass is 9.85. The van der Waals surface area contributed by atoms with E-state index in [1.165, 1.54) is 36.9 Å². The number of nitrogens with one attached hydrogen (secondary N) is 1. The van der Waals surface area contributed by atoms with E-state index in [-0.39, 0.29) is 5.82 Å². The van der Waals surface area contributed by atoms with E-state index in [0.717, 1.165) is 59.0 Å².